The van der Waals surface area contributed by atoms with E-state index in [1.165, 1.54) is 6.07 Å². The summed E-state index contributed by atoms with van der Waals surface area (Å²) in [4.78, 5) is 0. The van der Waals surface area contributed by atoms with Crippen LogP contribution in [0.3, 0.4) is 0 Å². The van der Waals surface area contributed by atoms with Gasteiger partial charge in [-0.1, -0.05) is 6.07 Å². The minimum absolute atomic E-state index is 0.225. The first kappa shape index (κ1) is 8.77. The van der Waals surface area contributed by atoms with Gasteiger partial charge in [-0.15, -0.1) is 0 Å². The predicted molar refractivity (Wildman–Crippen MR) is 50.3 cm³/mol. The zero-order chi connectivity index (χ0) is 8.27. The average molecular weight is 266 g/mol. The highest BCUT2D eigenvalue weighted by atomic mass is 127. The summed E-state index contributed by atoms with van der Waals surface area (Å²) in [6.45, 7) is 2.44. The molecular weight excluding hydrogens is 258 g/mol. The Morgan fingerprint density at radius 2 is 2.27 bits per heavy atom. The Kier molecular flexibility index (Phi) is 3.11. The molecule has 0 spiro atoms. The molecule has 1 nitrogen and oxygen atoms in total. The highest BCUT2D eigenvalue weighted by Gasteiger charge is 2.03. The summed E-state index contributed by atoms with van der Waals surface area (Å²) < 4.78 is 18.5. The largest absolute Gasteiger partial charge is 0.493 e. The molecule has 0 N–H and O–H groups in total. The second-order valence-corrected chi connectivity index (χ2v) is 3.06. The molecule has 11 heavy (non-hydrogen) atoms. The summed E-state index contributed by atoms with van der Waals surface area (Å²) in [6.07, 6.45) is 0. The van der Waals surface area contributed by atoms with E-state index in [1.54, 1.807) is 12.1 Å². The summed E-state index contributed by atoms with van der Waals surface area (Å²) in [7, 11) is 0. The van der Waals surface area contributed by atoms with Crippen LogP contribution in [0.25, 0.3) is 0 Å². The number of ether oxygens (including phenoxy) is 1. The Morgan fingerprint density at radius 1 is 1.55 bits per heavy atom. The minimum Gasteiger partial charge on any atom is -0.493 e. The molecule has 0 bridgehead atoms. The Hall–Kier alpha value is -0.320. The maximum atomic E-state index is 12.8. The van der Waals surface area contributed by atoms with Gasteiger partial charge in [-0.25, -0.2) is 4.39 Å². The molecule has 3 heteroatoms. The lowest BCUT2D eigenvalue weighted by Gasteiger charge is -2.04. The van der Waals surface area contributed by atoms with Gasteiger partial charge in [-0.05, 0) is 41.6 Å². The van der Waals surface area contributed by atoms with Crippen LogP contribution in [0.1, 0.15) is 6.92 Å². The van der Waals surface area contributed by atoms with E-state index in [9.17, 15) is 4.39 Å². The van der Waals surface area contributed by atoms with Crippen molar-refractivity contribution in [3.8, 4) is 5.75 Å². The van der Waals surface area contributed by atoms with Gasteiger partial charge in [0, 0.05) is 0 Å². The Bertz CT molecular complexity index is 250. The van der Waals surface area contributed by atoms with Crippen molar-refractivity contribution in [2.24, 2.45) is 0 Å². The fourth-order valence-corrected chi connectivity index (χ4v) is 1.27. The van der Waals surface area contributed by atoms with Crippen molar-refractivity contribution in [2.45, 2.75) is 6.92 Å². The molecule has 1 aromatic carbocycles. The van der Waals surface area contributed by atoms with Gasteiger partial charge < -0.3 is 4.74 Å². The van der Waals surface area contributed by atoms with Crippen LogP contribution in [0, 0.1) is 9.39 Å². The third-order valence-corrected chi connectivity index (χ3v) is 2.26. The number of halogens is 2. The number of hydrogen-bond acceptors (Lipinski definition) is 1. The van der Waals surface area contributed by atoms with Crippen molar-refractivity contribution in [3.05, 3.63) is 27.6 Å². The summed E-state index contributed by atoms with van der Waals surface area (Å²) in [5.41, 5.74) is 0. The first-order valence-corrected chi connectivity index (χ1v) is 4.40. The molecule has 0 heterocycles. The van der Waals surface area contributed by atoms with E-state index in [2.05, 4.69) is 0 Å². The fourth-order valence-electron chi connectivity index (χ4n) is 0.751. The van der Waals surface area contributed by atoms with E-state index in [0.29, 0.717) is 15.9 Å². The van der Waals surface area contributed by atoms with Crippen molar-refractivity contribution in [2.75, 3.05) is 6.61 Å². The summed E-state index contributed by atoms with van der Waals surface area (Å²) in [5.74, 6) is 0.393. The molecule has 1 rings (SSSR count). The lowest BCUT2D eigenvalue weighted by Crippen LogP contribution is -1.95. The SMILES string of the molecule is CCOc1cccc(F)c1I. The highest BCUT2D eigenvalue weighted by Crippen LogP contribution is 2.22. The first-order chi connectivity index (χ1) is 5.25. The third-order valence-electron chi connectivity index (χ3n) is 1.22. The molecule has 0 saturated carbocycles. The topological polar surface area (TPSA) is 9.23 Å². The molecule has 1 aromatic rings. The van der Waals surface area contributed by atoms with Gasteiger partial charge in [0.2, 0.25) is 0 Å². The second-order valence-electron chi connectivity index (χ2n) is 1.98. The molecule has 0 radical (unpaired) electrons. The van der Waals surface area contributed by atoms with Crippen LogP contribution in [0.15, 0.2) is 18.2 Å². The van der Waals surface area contributed by atoms with Crippen LogP contribution < -0.4 is 4.74 Å². The van der Waals surface area contributed by atoms with Crippen LogP contribution in [0.2, 0.25) is 0 Å². The molecule has 60 valence electrons. The molecule has 0 aliphatic rings. The van der Waals surface area contributed by atoms with E-state index < -0.39 is 0 Å². The maximum Gasteiger partial charge on any atom is 0.140 e. The second kappa shape index (κ2) is 3.90. The van der Waals surface area contributed by atoms with Gasteiger partial charge in [-0.3, -0.25) is 0 Å². The van der Waals surface area contributed by atoms with Crippen molar-refractivity contribution < 1.29 is 9.13 Å². The lowest BCUT2D eigenvalue weighted by atomic mass is 10.3. The summed E-state index contributed by atoms with van der Waals surface area (Å²) in [5, 5.41) is 0. The quantitative estimate of drug-likeness (QED) is 0.748. The smallest absolute Gasteiger partial charge is 0.140 e. The lowest BCUT2D eigenvalue weighted by molar-refractivity contribution is 0.335. The van der Waals surface area contributed by atoms with Gasteiger partial charge in [0.1, 0.15) is 11.6 Å². The molecule has 0 amide bonds. The van der Waals surface area contributed by atoms with E-state index >= 15 is 0 Å². The molecule has 0 fully saturated rings. The normalized spacial score (nSPS) is 9.73. The first-order valence-electron chi connectivity index (χ1n) is 3.32. The fraction of sp³-hybridized carbons (Fsp3) is 0.250. The van der Waals surface area contributed by atoms with Crippen molar-refractivity contribution >= 4 is 22.6 Å². The van der Waals surface area contributed by atoms with Crippen molar-refractivity contribution in [1.29, 1.82) is 0 Å². The number of hydrogen-bond donors (Lipinski definition) is 0. The Morgan fingerprint density at radius 3 is 2.91 bits per heavy atom. The number of rotatable bonds is 2. The molecule has 0 aliphatic heterocycles. The minimum atomic E-state index is -0.225. The van der Waals surface area contributed by atoms with Crippen LogP contribution in [0.4, 0.5) is 4.39 Å². The predicted octanol–water partition coefficient (Wildman–Crippen LogP) is 2.83. The van der Waals surface area contributed by atoms with Gasteiger partial charge in [0.05, 0.1) is 10.2 Å². The summed E-state index contributed by atoms with van der Waals surface area (Å²) >= 11 is 1.93. The Balaban J connectivity index is 2.96. The van der Waals surface area contributed by atoms with Gasteiger partial charge in [0.25, 0.3) is 0 Å². The summed E-state index contributed by atoms with van der Waals surface area (Å²) in [6, 6.07) is 4.82. The molecule has 0 saturated heterocycles. The van der Waals surface area contributed by atoms with Crippen molar-refractivity contribution in [3.63, 3.8) is 0 Å². The van der Waals surface area contributed by atoms with E-state index in [4.69, 9.17) is 4.74 Å². The standard InChI is InChI=1S/C8H8FIO/c1-2-11-7-5-3-4-6(9)8(7)10/h3-5H,2H2,1H3. The van der Waals surface area contributed by atoms with Crippen LogP contribution in [0.5, 0.6) is 5.75 Å². The van der Waals surface area contributed by atoms with Gasteiger partial charge in [-0.2, -0.15) is 0 Å². The van der Waals surface area contributed by atoms with E-state index in [0.717, 1.165) is 0 Å². The van der Waals surface area contributed by atoms with Gasteiger partial charge in [0.15, 0.2) is 0 Å². The maximum absolute atomic E-state index is 12.8. The van der Waals surface area contributed by atoms with Crippen LogP contribution in [-0.4, -0.2) is 6.61 Å². The van der Waals surface area contributed by atoms with Crippen LogP contribution >= 0.6 is 22.6 Å². The monoisotopic (exact) mass is 266 g/mol. The Labute approximate surface area is 78.7 Å². The highest BCUT2D eigenvalue weighted by molar-refractivity contribution is 14.1. The molecule has 0 aromatic heterocycles. The molecule has 0 unspecified atom stereocenters. The zero-order valence-corrected chi connectivity index (χ0v) is 8.26. The molecular formula is C8H8FIO. The van der Waals surface area contributed by atoms with Gasteiger partial charge >= 0.3 is 0 Å². The average Bonchev–Trinajstić information content (AvgIpc) is 1.99. The zero-order valence-electron chi connectivity index (χ0n) is 6.10. The third kappa shape index (κ3) is 2.05. The number of benzene rings is 1. The molecule has 0 atom stereocenters. The molecule has 0 aliphatic carbocycles. The van der Waals surface area contributed by atoms with E-state index in [1.807, 2.05) is 29.5 Å². The van der Waals surface area contributed by atoms with E-state index in [-0.39, 0.29) is 5.82 Å². The van der Waals surface area contributed by atoms with Crippen molar-refractivity contribution in [1.82, 2.24) is 0 Å². The van der Waals surface area contributed by atoms with Crippen LogP contribution in [-0.2, 0) is 0 Å².